The van der Waals surface area contributed by atoms with Gasteiger partial charge in [0, 0.05) is 7.77 Å². The standard InChI is InChI=1S/C14H13F/c15-14(13-9-5-2-6-10-13)11-12-7-3-1-4-8-12/h1-10,14H,11H2/t14-/m0/s1/i11D/t11-,14+/m1. The molecule has 15 heavy (non-hydrogen) atoms. The van der Waals surface area contributed by atoms with E-state index in [1.807, 2.05) is 24.3 Å². The zero-order valence-corrected chi connectivity index (χ0v) is 8.31. The molecule has 0 aliphatic rings. The summed E-state index contributed by atoms with van der Waals surface area (Å²) >= 11 is 0. The fraction of sp³-hybridized carbons (Fsp3) is 0.143. The van der Waals surface area contributed by atoms with Crippen LogP contribution >= 0.6 is 0 Å². The third-order valence-corrected chi connectivity index (χ3v) is 2.26. The second kappa shape index (κ2) is 4.74. The van der Waals surface area contributed by atoms with Gasteiger partial charge >= 0.3 is 0 Å². The lowest BCUT2D eigenvalue weighted by Gasteiger charge is -2.08. The predicted octanol–water partition coefficient (Wildman–Crippen LogP) is 3.94. The molecule has 0 nitrogen and oxygen atoms in total. The first-order chi connectivity index (χ1) is 7.79. The van der Waals surface area contributed by atoms with Gasteiger partial charge in [-0.15, -0.1) is 0 Å². The van der Waals surface area contributed by atoms with Crippen LogP contribution in [0.3, 0.4) is 0 Å². The number of alkyl halides is 1. The molecule has 0 unspecified atom stereocenters. The highest BCUT2D eigenvalue weighted by atomic mass is 19.1. The quantitative estimate of drug-likeness (QED) is 0.705. The number of rotatable bonds is 3. The molecule has 0 aliphatic heterocycles. The highest BCUT2D eigenvalue weighted by molar-refractivity contribution is 5.22. The minimum absolute atomic E-state index is 0.561. The first kappa shape index (κ1) is 8.66. The maximum absolute atomic E-state index is 14.0. The van der Waals surface area contributed by atoms with Gasteiger partial charge in [0.1, 0.15) is 6.17 Å². The molecule has 0 aliphatic carbocycles. The second-order valence-electron chi connectivity index (χ2n) is 3.39. The Morgan fingerprint density at radius 2 is 1.47 bits per heavy atom. The van der Waals surface area contributed by atoms with Gasteiger partial charge in [0.25, 0.3) is 0 Å². The van der Waals surface area contributed by atoms with Crippen molar-refractivity contribution in [3.63, 3.8) is 0 Å². The highest BCUT2D eigenvalue weighted by Gasteiger charge is 2.09. The summed E-state index contributed by atoms with van der Waals surface area (Å²) < 4.78 is 21.9. The first-order valence-electron chi connectivity index (χ1n) is 5.53. The molecule has 2 rings (SSSR count). The molecule has 2 aromatic rings. The Hall–Kier alpha value is -1.63. The Kier molecular flexibility index (Phi) is 2.74. The van der Waals surface area contributed by atoms with Crippen molar-refractivity contribution in [2.75, 3.05) is 0 Å². The van der Waals surface area contributed by atoms with Gasteiger partial charge in [-0.3, -0.25) is 0 Å². The zero-order chi connectivity index (χ0) is 11.4. The van der Waals surface area contributed by atoms with Gasteiger partial charge in [-0.2, -0.15) is 0 Å². The molecule has 2 atom stereocenters. The van der Waals surface area contributed by atoms with E-state index in [2.05, 4.69) is 0 Å². The van der Waals surface area contributed by atoms with Crippen LogP contribution in [0.25, 0.3) is 0 Å². The topological polar surface area (TPSA) is 0 Å². The van der Waals surface area contributed by atoms with Crippen LogP contribution in [0.5, 0.6) is 0 Å². The van der Waals surface area contributed by atoms with Crippen LogP contribution in [0, 0.1) is 0 Å². The van der Waals surface area contributed by atoms with Gasteiger partial charge < -0.3 is 0 Å². The van der Waals surface area contributed by atoms with Gasteiger partial charge in [0.05, 0.1) is 0 Å². The van der Waals surface area contributed by atoms with Crippen molar-refractivity contribution in [2.24, 2.45) is 0 Å². The van der Waals surface area contributed by atoms with Crippen molar-refractivity contribution in [2.45, 2.75) is 12.6 Å². The lowest BCUT2D eigenvalue weighted by Crippen LogP contribution is -1.96. The molecule has 1 heteroatoms. The Balaban J connectivity index is 2.20. The van der Waals surface area contributed by atoms with Crippen molar-refractivity contribution in [1.29, 1.82) is 0 Å². The summed E-state index contributed by atoms with van der Waals surface area (Å²) in [6.45, 7) is 0. The molecule has 0 saturated heterocycles. The largest absolute Gasteiger partial charge is 0.242 e. The molecule has 0 spiro atoms. The van der Waals surface area contributed by atoms with E-state index in [0.717, 1.165) is 0 Å². The predicted molar refractivity (Wildman–Crippen MR) is 60.4 cm³/mol. The maximum atomic E-state index is 14.0. The summed E-state index contributed by atoms with van der Waals surface area (Å²) in [4.78, 5) is 0. The van der Waals surface area contributed by atoms with Crippen molar-refractivity contribution >= 4 is 0 Å². The Morgan fingerprint density at radius 3 is 2.07 bits per heavy atom. The van der Waals surface area contributed by atoms with Crippen LogP contribution in [-0.2, 0) is 6.40 Å². The average molecular weight is 201 g/mol. The number of halogens is 1. The SMILES string of the molecule is [2H][C@H](c1ccccc1)[C@H](F)c1ccccc1. The third kappa shape index (κ3) is 2.66. The summed E-state index contributed by atoms with van der Waals surface area (Å²) in [7, 11) is 0. The van der Waals surface area contributed by atoms with Crippen molar-refractivity contribution in [3.8, 4) is 0 Å². The number of hydrogen-bond acceptors (Lipinski definition) is 0. The molecule has 0 fully saturated rings. The van der Waals surface area contributed by atoms with Crippen LogP contribution in [0.15, 0.2) is 60.7 Å². The van der Waals surface area contributed by atoms with Gasteiger partial charge in [-0.05, 0) is 11.1 Å². The fourth-order valence-corrected chi connectivity index (χ4v) is 1.47. The molecule has 0 radical (unpaired) electrons. The first-order valence-corrected chi connectivity index (χ1v) is 4.95. The highest BCUT2D eigenvalue weighted by Crippen LogP contribution is 2.21. The van der Waals surface area contributed by atoms with E-state index in [1.165, 1.54) is 0 Å². The second-order valence-corrected chi connectivity index (χ2v) is 3.39. The summed E-state index contributed by atoms with van der Waals surface area (Å²) in [5, 5.41) is 0. The molecule has 0 bridgehead atoms. The maximum Gasteiger partial charge on any atom is 0.129 e. The Morgan fingerprint density at radius 1 is 0.933 bits per heavy atom. The fourth-order valence-electron chi connectivity index (χ4n) is 1.47. The van der Waals surface area contributed by atoms with Crippen LogP contribution in [0.4, 0.5) is 4.39 Å². The number of benzene rings is 2. The molecular weight excluding hydrogens is 187 g/mol. The van der Waals surface area contributed by atoms with Crippen LogP contribution in [0.2, 0.25) is 0 Å². The van der Waals surface area contributed by atoms with Crippen LogP contribution < -0.4 is 0 Å². The molecule has 0 aromatic heterocycles. The lowest BCUT2D eigenvalue weighted by molar-refractivity contribution is 0.342. The van der Waals surface area contributed by atoms with Gasteiger partial charge in [0.15, 0.2) is 0 Å². The Labute approximate surface area is 90.8 Å². The van der Waals surface area contributed by atoms with Crippen molar-refractivity contribution in [3.05, 3.63) is 71.8 Å². The smallest absolute Gasteiger partial charge is 0.129 e. The molecule has 0 amide bonds. The van der Waals surface area contributed by atoms with Gasteiger partial charge in [0.2, 0.25) is 0 Å². The molecule has 2 aromatic carbocycles. The third-order valence-electron chi connectivity index (χ3n) is 2.26. The molecule has 0 heterocycles. The molecular formula is C14H13F. The minimum Gasteiger partial charge on any atom is -0.242 e. The normalized spacial score (nSPS) is 15.4. The number of hydrogen-bond donors (Lipinski definition) is 0. The zero-order valence-electron chi connectivity index (χ0n) is 9.31. The Bertz CT molecular complexity index is 384. The summed E-state index contributed by atoms with van der Waals surface area (Å²) in [6, 6.07) is 18.0. The summed E-state index contributed by atoms with van der Waals surface area (Å²) in [5.74, 6) is 0. The molecule has 0 N–H and O–H groups in total. The van der Waals surface area contributed by atoms with E-state index < -0.39 is 12.6 Å². The summed E-state index contributed by atoms with van der Waals surface area (Å²) in [5.41, 5.74) is 1.27. The van der Waals surface area contributed by atoms with E-state index >= 15 is 0 Å². The van der Waals surface area contributed by atoms with Gasteiger partial charge in [-0.1, -0.05) is 60.7 Å². The van der Waals surface area contributed by atoms with E-state index in [-0.39, 0.29) is 0 Å². The van der Waals surface area contributed by atoms with Crippen LogP contribution in [-0.4, -0.2) is 0 Å². The van der Waals surface area contributed by atoms with Gasteiger partial charge in [-0.25, -0.2) is 4.39 Å². The van der Waals surface area contributed by atoms with E-state index in [4.69, 9.17) is 1.37 Å². The monoisotopic (exact) mass is 201 g/mol. The average Bonchev–Trinajstić information content (AvgIpc) is 2.39. The lowest BCUT2D eigenvalue weighted by atomic mass is 10.0. The van der Waals surface area contributed by atoms with Crippen molar-refractivity contribution < 1.29 is 5.76 Å². The van der Waals surface area contributed by atoms with Crippen molar-refractivity contribution in [1.82, 2.24) is 0 Å². The van der Waals surface area contributed by atoms with Crippen LogP contribution in [0.1, 0.15) is 18.7 Å². The molecule has 76 valence electrons. The van der Waals surface area contributed by atoms with E-state index in [1.54, 1.807) is 36.4 Å². The van der Waals surface area contributed by atoms with E-state index in [0.29, 0.717) is 11.1 Å². The van der Waals surface area contributed by atoms with E-state index in [9.17, 15) is 4.39 Å². The minimum atomic E-state index is -1.27. The summed E-state index contributed by atoms with van der Waals surface area (Å²) in [6.07, 6.45) is -2.13. The molecule has 0 saturated carbocycles.